The van der Waals surface area contributed by atoms with Crippen LogP contribution in [0.5, 0.6) is 0 Å². The van der Waals surface area contributed by atoms with Crippen molar-refractivity contribution in [1.29, 1.82) is 0 Å². The summed E-state index contributed by atoms with van der Waals surface area (Å²) >= 11 is 1.51. The molecule has 0 atom stereocenters. The molecule has 3 aromatic rings. The van der Waals surface area contributed by atoms with Crippen LogP contribution in [0, 0.1) is 0 Å². The first kappa shape index (κ1) is 24.7. The minimum absolute atomic E-state index is 0.00327. The lowest BCUT2D eigenvalue weighted by Crippen LogP contribution is -2.32. The molecule has 0 bridgehead atoms. The van der Waals surface area contributed by atoms with Crippen molar-refractivity contribution in [3.63, 3.8) is 0 Å². The van der Waals surface area contributed by atoms with Crippen molar-refractivity contribution in [2.45, 2.75) is 32.2 Å². The second kappa shape index (κ2) is 11.0. The first-order valence-electron chi connectivity index (χ1n) is 12.4. The maximum atomic E-state index is 13.7. The molecule has 37 heavy (non-hydrogen) atoms. The summed E-state index contributed by atoms with van der Waals surface area (Å²) in [5.74, 6) is 0.455. The number of hydrogen-bond donors (Lipinski definition) is 1. The third-order valence-corrected chi connectivity index (χ3v) is 7.56. The van der Waals surface area contributed by atoms with Gasteiger partial charge >= 0.3 is 0 Å². The lowest BCUT2D eigenvalue weighted by atomic mass is 10.1. The number of thiophene rings is 1. The second-order valence-electron chi connectivity index (χ2n) is 9.05. The number of carbonyl (C=O) groups is 2. The summed E-state index contributed by atoms with van der Waals surface area (Å²) in [7, 11) is 1.58. The second-order valence-corrected chi connectivity index (χ2v) is 10.1. The summed E-state index contributed by atoms with van der Waals surface area (Å²) in [6.45, 7) is 2.44. The van der Waals surface area contributed by atoms with Crippen LogP contribution in [-0.2, 0) is 11.2 Å². The third kappa shape index (κ3) is 5.57. The maximum absolute atomic E-state index is 13.7. The summed E-state index contributed by atoms with van der Waals surface area (Å²) in [6, 6.07) is 17.8. The van der Waals surface area contributed by atoms with Gasteiger partial charge in [0.15, 0.2) is 0 Å². The van der Waals surface area contributed by atoms with Crippen LogP contribution in [0.1, 0.15) is 50.9 Å². The largest absolute Gasteiger partial charge is 0.481 e. The summed E-state index contributed by atoms with van der Waals surface area (Å²) in [4.78, 5) is 34.4. The normalized spacial score (nSPS) is 15.4. The number of methoxy groups -OCH3 is 1. The molecule has 0 radical (unpaired) electrons. The molecule has 2 amide bonds. The molecule has 5 rings (SSSR count). The lowest BCUT2D eigenvalue weighted by Gasteiger charge is -2.23. The van der Waals surface area contributed by atoms with Crippen LogP contribution in [-0.4, -0.2) is 37.4 Å². The van der Waals surface area contributed by atoms with Gasteiger partial charge in [-0.2, -0.15) is 0 Å². The molecule has 2 heterocycles. The van der Waals surface area contributed by atoms with E-state index in [9.17, 15) is 9.59 Å². The Balaban J connectivity index is 1.41. The molecule has 1 aliphatic carbocycles. The van der Waals surface area contributed by atoms with E-state index in [1.807, 2.05) is 78.6 Å². The Morgan fingerprint density at radius 3 is 2.76 bits per heavy atom. The number of para-hydroxylation sites is 1. The number of allylic oxidation sites excluding steroid dienone is 1. The van der Waals surface area contributed by atoms with Crippen molar-refractivity contribution in [3.05, 3.63) is 94.5 Å². The predicted molar refractivity (Wildman–Crippen MR) is 150 cm³/mol. The number of carbonyl (C=O) groups excluding carboxylic acids is 2. The molecule has 1 fully saturated rings. The summed E-state index contributed by atoms with van der Waals surface area (Å²) < 4.78 is 5.20. The fraction of sp³-hybridized carbons (Fsp3) is 0.233. The van der Waals surface area contributed by atoms with Gasteiger partial charge in [0.25, 0.3) is 11.8 Å². The van der Waals surface area contributed by atoms with E-state index in [1.54, 1.807) is 19.4 Å². The van der Waals surface area contributed by atoms with E-state index in [1.165, 1.54) is 11.3 Å². The van der Waals surface area contributed by atoms with E-state index < -0.39 is 0 Å². The minimum Gasteiger partial charge on any atom is -0.481 e. The molecule has 188 valence electrons. The number of amides is 2. The van der Waals surface area contributed by atoms with Crippen LogP contribution in [0.25, 0.3) is 16.5 Å². The van der Waals surface area contributed by atoms with Gasteiger partial charge in [-0.3, -0.25) is 9.59 Å². The molecule has 1 aliphatic heterocycles. The number of aliphatic imine (C=N–C) groups is 1. The molecular weight excluding hydrogens is 482 g/mol. The number of hydrogen-bond acceptors (Lipinski definition) is 5. The van der Waals surface area contributed by atoms with Crippen LogP contribution in [0.15, 0.2) is 77.9 Å². The van der Waals surface area contributed by atoms with E-state index in [-0.39, 0.29) is 11.8 Å². The number of fused-ring (bicyclic) bond motifs is 3. The summed E-state index contributed by atoms with van der Waals surface area (Å²) in [5, 5.41) is 3.09. The zero-order valence-electron chi connectivity index (χ0n) is 20.9. The van der Waals surface area contributed by atoms with Crippen molar-refractivity contribution in [1.82, 2.24) is 5.32 Å². The average Bonchev–Trinajstić information content (AvgIpc) is 3.66. The highest BCUT2D eigenvalue weighted by molar-refractivity contribution is 7.17. The van der Waals surface area contributed by atoms with Gasteiger partial charge in [-0.25, -0.2) is 4.99 Å². The Kier molecular flexibility index (Phi) is 7.32. The molecule has 1 N–H and O–H groups in total. The van der Waals surface area contributed by atoms with E-state index >= 15 is 0 Å². The number of nitrogens with one attached hydrogen (secondary N) is 1. The summed E-state index contributed by atoms with van der Waals surface area (Å²) in [5.41, 5.74) is 4.44. The average molecular weight is 512 g/mol. The van der Waals surface area contributed by atoms with E-state index in [2.05, 4.69) is 10.3 Å². The highest BCUT2D eigenvalue weighted by Gasteiger charge is 2.29. The van der Waals surface area contributed by atoms with Gasteiger partial charge in [0.1, 0.15) is 0 Å². The molecule has 0 spiro atoms. The highest BCUT2D eigenvalue weighted by Crippen LogP contribution is 2.42. The first-order chi connectivity index (χ1) is 18.1. The van der Waals surface area contributed by atoms with Gasteiger partial charge in [0.2, 0.25) is 5.90 Å². The number of nitrogens with zero attached hydrogens (tertiary/aromatic N) is 2. The van der Waals surface area contributed by atoms with Crippen LogP contribution in [0.4, 0.5) is 5.69 Å². The Hall–Kier alpha value is -3.97. The van der Waals surface area contributed by atoms with Crippen molar-refractivity contribution in [2.24, 2.45) is 4.99 Å². The van der Waals surface area contributed by atoms with Gasteiger partial charge < -0.3 is 15.0 Å². The topological polar surface area (TPSA) is 71.0 Å². The Morgan fingerprint density at radius 2 is 1.97 bits per heavy atom. The third-order valence-electron chi connectivity index (χ3n) is 6.36. The molecular formula is C30H29N3O3S. The van der Waals surface area contributed by atoms with Crippen LogP contribution in [0.3, 0.4) is 0 Å². The smallest absolute Gasteiger partial charge is 0.261 e. The standard InChI is InChI=1S/C30H29N3O3S/c1-3-7-27(36-2)31-16-14-20-8-6-9-22(18-20)30(35)33-17-15-21-19-26(29(34)32-23-12-13-23)37-28(21)24-10-4-5-11-25(24)33/h3-11,14,16,18-19,23H,12-13,15,17H2,1-2H3,(H,32,34)/b7-3-,16-14+,31-27+. The van der Waals surface area contributed by atoms with Gasteiger partial charge in [-0.05, 0) is 73.7 Å². The first-order valence-corrected chi connectivity index (χ1v) is 13.2. The van der Waals surface area contributed by atoms with E-state index in [4.69, 9.17) is 4.74 Å². The fourth-order valence-electron chi connectivity index (χ4n) is 4.34. The zero-order valence-corrected chi connectivity index (χ0v) is 21.8. The lowest BCUT2D eigenvalue weighted by molar-refractivity contribution is 0.0953. The fourth-order valence-corrected chi connectivity index (χ4v) is 5.48. The maximum Gasteiger partial charge on any atom is 0.261 e. The molecule has 1 aromatic heterocycles. The Morgan fingerprint density at radius 1 is 1.14 bits per heavy atom. The molecule has 0 saturated heterocycles. The van der Waals surface area contributed by atoms with Crippen molar-refractivity contribution in [3.8, 4) is 10.4 Å². The van der Waals surface area contributed by atoms with E-state index in [0.29, 0.717) is 30.5 Å². The molecule has 7 heteroatoms. The molecule has 2 aliphatic rings. The minimum atomic E-state index is -0.0560. The number of anilines is 1. The van der Waals surface area contributed by atoms with Crippen LogP contribution >= 0.6 is 11.3 Å². The molecule has 6 nitrogen and oxygen atoms in total. The zero-order chi connectivity index (χ0) is 25.8. The van der Waals surface area contributed by atoms with Gasteiger partial charge in [0, 0.05) is 34.8 Å². The highest BCUT2D eigenvalue weighted by atomic mass is 32.1. The van der Waals surface area contributed by atoms with Crippen LogP contribution < -0.4 is 10.2 Å². The van der Waals surface area contributed by atoms with Crippen molar-refractivity contribution in [2.75, 3.05) is 18.6 Å². The monoisotopic (exact) mass is 511 g/mol. The number of rotatable bonds is 6. The quantitative estimate of drug-likeness (QED) is 0.321. The predicted octanol–water partition coefficient (Wildman–Crippen LogP) is 6.10. The Labute approximate surface area is 221 Å². The molecule has 2 aromatic carbocycles. The number of benzene rings is 2. The summed E-state index contributed by atoms with van der Waals surface area (Å²) in [6.07, 6.45) is 9.96. The van der Waals surface area contributed by atoms with Crippen LogP contribution in [0.2, 0.25) is 0 Å². The van der Waals surface area contributed by atoms with Gasteiger partial charge in [-0.15, -0.1) is 11.3 Å². The van der Waals surface area contributed by atoms with Gasteiger partial charge in [0.05, 0.1) is 17.7 Å². The molecule has 0 unspecified atom stereocenters. The van der Waals surface area contributed by atoms with E-state index in [0.717, 1.165) is 45.0 Å². The molecule has 1 saturated carbocycles. The Bertz CT molecular complexity index is 1410. The number of ether oxygens (including phenoxy) is 1. The van der Waals surface area contributed by atoms with Crippen molar-refractivity contribution < 1.29 is 14.3 Å². The SMILES string of the molecule is C\C=C/C(=N\C=C\c1cccc(C(=O)N2CCc3cc(C(=O)NC4CC4)sc3-c3ccccc32)c1)OC. The van der Waals surface area contributed by atoms with Crippen molar-refractivity contribution >= 4 is 40.8 Å². The van der Waals surface area contributed by atoms with Gasteiger partial charge in [-0.1, -0.05) is 36.4 Å².